The van der Waals surface area contributed by atoms with Crippen LogP contribution in [0.2, 0.25) is 0 Å². The molecule has 0 radical (unpaired) electrons. The second kappa shape index (κ2) is 8.76. The zero-order chi connectivity index (χ0) is 19.1. The van der Waals surface area contributed by atoms with Crippen molar-refractivity contribution in [2.24, 2.45) is 0 Å². The van der Waals surface area contributed by atoms with Crippen molar-refractivity contribution in [2.75, 3.05) is 12.9 Å². The lowest BCUT2D eigenvalue weighted by atomic mass is 10.3. The molecule has 0 unspecified atom stereocenters. The predicted molar refractivity (Wildman–Crippen MR) is 96.3 cm³/mol. The van der Waals surface area contributed by atoms with Crippen LogP contribution in [0.5, 0.6) is 5.75 Å². The summed E-state index contributed by atoms with van der Waals surface area (Å²) in [6.07, 6.45) is 5.69. The highest BCUT2D eigenvalue weighted by atomic mass is 32.2. The lowest BCUT2D eigenvalue weighted by molar-refractivity contribution is -0.119. The van der Waals surface area contributed by atoms with Crippen LogP contribution < -0.4 is 15.6 Å². The van der Waals surface area contributed by atoms with E-state index in [-0.39, 0.29) is 11.4 Å². The molecule has 0 aliphatic rings. The van der Waals surface area contributed by atoms with Gasteiger partial charge in [0, 0.05) is 18.1 Å². The van der Waals surface area contributed by atoms with E-state index in [1.807, 2.05) is 24.3 Å². The molecule has 0 bridgehead atoms. The summed E-state index contributed by atoms with van der Waals surface area (Å²) in [6.45, 7) is 0. The van der Waals surface area contributed by atoms with E-state index in [2.05, 4.69) is 31.0 Å². The second-order valence-corrected chi connectivity index (χ2v) is 6.01. The van der Waals surface area contributed by atoms with Gasteiger partial charge in [-0.25, -0.2) is 4.98 Å². The number of nitrogens with zero attached hydrogens (tertiary/aromatic N) is 5. The van der Waals surface area contributed by atoms with Gasteiger partial charge in [-0.05, 0) is 24.3 Å². The van der Waals surface area contributed by atoms with Gasteiger partial charge in [0.2, 0.25) is 5.91 Å². The molecule has 27 heavy (non-hydrogen) atoms. The van der Waals surface area contributed by atoms with Crippen LogP contribution in [0, 0.1) is 0 Å². The van der Waals surface area contributed by atoms with Gasteiger partial charge in [-0.15, -0.1) is 10.2 Å². The fourth-order valence-electron chi connectivity index (χ4n) is 2.02. The first-order valence-electron chi connectivity index (χ1n) is 7.70. The first kappa shape index (κ1) is 18.3. The van der Waals surface area contributed by atoms with E-state index in [0.717, 1.165) is 11.4 Å². The molecular formula is C16H15N7O3S. The molecule has 0 saturated heterocycles. The number of amides is 2. The van der Waals surface area contributed by atoms with E-state index in [4.69, 9.17) is 4.74 Å². The molecule has 2 heterocycles. The number of thioether (sulfide) groups is 1. The third-order valence-corrected chi connectivity index (χ3v) is 4.25. The SMILES string of the molecule is COc1ccc(-n2cnnc2SCC(=O)NNC(=O)c2cnccn2)cc1. The highest BCUT2D eigenvalue weighted by Crippen LogP contribution is 2.21. The molecule has 0 spiro atoms. The molecule has 0 fully saturated rings. The summed E-state index contributed by atoms with van der Waals surface area (Å²) < 4.78 is 6.88. The molecule has 10 nitrogen and oxygen atoms in total. The lowest BCUT2D eigenvalue weighted by Crippen LogP contribution is -2.42. The summed E-state index contributed by atoms with van der Waals surface area (Å²) in [6, 6.07) is 7.35. The molecule has 2 aromatic heterocycles. The van der Waals surface area contributed by atoms with E-state index in [9.17, 15) is 9.59 Å². The standard InChI is InChI=1S/C16H15N7O3S/c1-26-12-4-2-11(3-5-12)23-10-19-22-16(23)27-9-14(24)20-21-15(25)13-8-17-6-7-18-13/h2-8,10H,9H2,1H3,(H,20,24)(H,21,25). The van der Waals surface area contributed by atoms with Crippen molar-refractivity contribution in [3.63, 3.8) is 0 Å². The van der Waals surface area contributed by atoms with Gasteiger partial charge in [0.05, 0.1) is 19.1 Å². The molecule has 2 N–H and O–H groups in total. The summed E-state index contributed by atoms with van der Waals surface area (Å²) in [5.41, 5.74) is 5.53. The summed E-state index contributed by atoms with van der Waals surface area (Å²) in [4.78, 5) is 31.4. The van der Waals surface area contributed by atoms with Gasteiger partial charge in [0.1, 0.15) is 17.8 Å². The number of hydrogen-bond donors (Lipinski definition) is 2. The number of rotatable bonds is 6. The quantitative estimate of drug-likeness (QED) is 0.467. The zero-order valence-corrected chi connectivity index (χ0v) is 15.0. The Morgan fingerprint density at radius 2 is 2.00 bits per heavy atom. The fourth-order valence-corrected chi connectivity index (χ4v) is 2.74. The number of aromatic nitrogens is 5. The number of hydrazine groups is 1. The third kappa shape index (κ3) is 4.79. The smallest absolute Gasteiger partial charge is 0.289 e. The molecule has 0 saturated carbocycles. The molecule has 11 heteroatoms. The van der Waals surface area contributed by atoms with Gasteiger partial charge in [-0.2, -0.15) is 0 Å². The van der Waals surface area contributed by atoms with Gasteiger partial charge < -0.3 is 4.74 Å². The highest BCUT2D eigenvalue weighted by molar-refractivity contribution is 7.99. The third-order valence-electron chi connectivity index (χ3n) is 3.31. The van der Waals surface area contributed by atoms with E-state index < -0.39 is 11.8 Å². The average molecular weight is 385 g/mol. The van der Waals surface area contributed by atoms with Crippen LogP contribution in [0.1, 0.15) is 10.5 Å². The number of hydrogen-bond acceptors (Lipinski definition) is 8. The van der Waals surface area contributed by atoms with Crippen LogP contribution in [0.4, 0.5) is 0 Å². The topological polar surface area (TPSA) is 124 Å². The largest absolute Gasteiger partial charge is 0.497 e. The molecule has 1 aromatic carbocycles. The van der Waals surface area contributed by atoms with Crippen LogP contribution in [-0.4, -0.2) is 49.4 Å². The lowest BCUT2D eigenvalue weighted by Gasteiger charge is -2.08. The first-order chi connectivity index (χ1) is 13.2. The monoisotopic (exact) mass is 385 g/mol. The van der Waals surface area contributed by atoms with Crippen LogP contribution in [0.3, 0.4) is 0 Å². The van der Waals surface area contributed by atoms with Crippen LogP contribution >= 0.6 is 11.8 Å². The molecule has 0 atom stereocenters. The Bertz CT molecular complexity index is 915. The van der Waals surface area contributed by atoms with Gasteiger partial charge in [-0.3, -0.25) is 30.0 Å². The Morgan fingerprint density at radius 1 is 1.19 bits per heavy atom. The Labute approximate surface area is 158 Å². The number of ether oxygens (including phenoxy) is 1. The maximum Gasteiger partial charge on any atom is 0.289 e. The Kier molecular flexibility index (Phi) is 5.94. The van der Waals surface area contributed by atoms with Crippen molar-refractivity contribution >= 4 is 23.6 Å². The van der Waals surface area contributed by atoms with Crippen LogP contribution in [-0.2, 0) is 4.79 Å². The Hall–Kier alpha value is -3.47. The molecule has 3 aromatic rings. The molecule has 0 aliphatic heterocycles. The van der Waals surface area contributed by atoms with Gasteiger partial charge in [0.15, 0.2) is 5.16 Å². The van der Waals surface area contributed by atoms with Crippen LogP contribution in [0.25, 0.3) is 5.69 Å². The van der Waals surface area contributed by atoms with Crippen molar-refractivity contribution in [3.05, 3.63) is 54.9 Å². The van der Waals surface area contributed by atoms with Crippen molar-refractivity contribution in [1.82, 2.24) is 35.6 Å². The van der Waals surface area contributed by atoms with Gasteiger partial charge >= 0.3 is 0 Å². The molecular weight excluding hydrogens is 370 g/mol. The van der Waals surface area contributed by atoms with Crippen molar-refractivity contribution in [1.29, 1.82) is 0 Å². The molecule has 2 amide bonds. The van der Waals surface area contributed by atoms with Gasteiger partial charge in [-0.1, -0.05) is 11.8 Å². The molecule has 3 rings (SSSR count). The van der Waals surface area contributed by atoms with E-state index in [1.54, 1.807) is 18.0 Å². The minimum Gasteiger partial charge on any atom is -0.497 e. The van der Waals surface area contributed by atoms with Gasteiger partial charge in [0.25, 0.3) is 5.91 Å². The molecule has 0 aliphatic carbocycles. The van der Waals surface area contributed by atoms with E-state index in [1.165, 1.54) is 30.4 Å². The fraction of sp³-hybridized carbons (Fsp3) is 0.125. The molecule has 138 valence electrons. The number of benzene rings is 1. The minimum atomic E-state index is -0.553. The maximum absolute atomic E-state index is 11.9. The van der Waals surface area contributed by atoms with Crippen LogP contribution in [0.15, 0.2) is 54.3 Å². The maximum atomic E-state index is 11.9. The van der Waals surface area contributed by atoms with E-state index >= 15 is 0 Å². The highest BCUT2D eigenvalue weighted by Gasteiger charge is 2.12. The average Bonchev–Trinajstić information content (AvgIpc) is 3.19. The number of carbonyl (C=O) groups is 2. The van der Waals surface area contributed by atoms with Crippen molar-refractivity contribution in [2.45, 2.75) is 5.16 Å². The minimum absolute atomic E-state index is 0.0373. The summed E-state index contributed by atoms with van der Waals surface area (Å²) >= 11 is 1.18. The van der Waals surface area contributed by atoms with Crippen molar-refractivity contribution < 1.29 is 14.3 Å². The van der Waals surface area contributed by atoms with E-state index in [0.29, 0.717) is 5.16 Å². The number of nitrogens with one attached hydrogen (secondary N) is 2. The second-order valence-electron chi connectivity index (χ2n) is 5.06. The normalized spacial score (nSPS) is 10.3. The zero-order valence-electron chi connectivity index (χ0n) is 14.2. The summed E-state index contributed by atoms with van der Waals surface area (Å²) in [5, 5.41) is 8.42. The predicted octanol–water partition coefficient (Wildman–Crippen LogP) is 0.619. The first-order valence-corrected chi connectivity index (χ1v) is 8.68. The van der Waals surface area contributed by atoms with Crippen molar-refractivity contribution in [3.8, 4) is 11.4 Å². The summed E-state index contributed by atoms with van der Waals surface area (Å²) in [5.74, 6) is -0.182. The Morgan fingerprint density at radius 3 is 2.70 bits per heavy atom. The summed E-state index contributed by atoms with van der Waals surface area (Å²) in [7, 11) is 1.59. The number of carbonyl (C=O) groups excluding carboxylic acids is 2. The Balaban J connectivity index is 1.53. The number of methoxy groups -OCH3 is 1.